The fraction of sp³-hybridized carbons (Fsp3) is 0.600. The Balaban J connectivity index is 1.37. The van der Waals surface area contributed by atoms with Crippen LogP contribution in [0.2, 0.25) is 0 Å². The molecule has 2 aliphatic heterocycles. The average molecular weight is 547 g/mol. The minimum atomic E-state index is -3.04. The van der Waals surface area contributed by atoms with E-state index in [2.05, 4.69) is 39.0 Å². The second kappa shape index (κ2) is 10.3. The summed E-state index contributed by atoms with van der Waals surface area (Å²) in [5.41, 5.74) is 0.919. The molecule has 3 aromatic heterocycles. The quantitative estimate of drug-likeness (QED) is 0.452. The van der Waals surface area contributed by atoms with Gasteiger partial charge in [0.05, 0.1) is 29.3 Å². The maximum atomic E-state index is 14.4. The Hall–Kier alpha value is -3.06. The van der Waals surface area contributed by atoms with Crippen molar-refractivity contribution in [2.24, 2.45) is 5.92 Å². The Morgan fingerprint density at radius 2 is 2.03 bits per heavy atom. The highest BCUT2D eigenvalue weighted by atomic mass is 32.2. The van der Waals surface area contributed by atoms with E-state index in [1.165, 1.54) is 13.4 Å². The Morgan fingerprint density at radius 3 is 2.68 bits per heavy atom. The number of hydrogen-bond acceptors (Lipinski definition) is 10. The number of rotatable bonds is 8. The molecule has 206 valence electrons. The number of nitrogens with one attached hydrogen (secondary N) is 1. The molecule has 0 aliphatic carbocycles. The van der Waals surface area contributed by atoms with Crippen molar-refractivity contribution >= 4 is 44.1 Å². The Labute approximate surface area is 222 Å². The molecule has 2 fully saturated rings. The first-order chi connectivity index (χ1) is 18.0. The van der Waals surface area contributed by atoms with Crippen LogP contribution in [0.5, 0.6) is 0 Å². The summed E-state index contributed by atoms with van der Waals surface area (Å²) in [7, 11) is -1.50. The molecule has 0 unspecified atom stereocenters. The molecule has 4 atom stereocenters. The van der Waals surface area contributed by atoms with Gasteiger partial charge in [-0.15, -0.1) is 0 Å². The van der Waals surface area contributed by atoms with Crippen LogP contribution in [0.4, 0.5) is 27.8 Å². The van der Waals surface area contributed by atoms with Crippen LogP contribution in [-0.2, 0) is 14.6 Å². The second-order valence-electron chi connectivity index (χ2n) is 10.6. The van der Waals surface area contributed by atoms with Crippen LogP contribution in [0.1, 0.15) is 33.2 Å². The largest absolute Gasteiger partial charge is 0.378 e. The smallest absolute Gasteiger partial charge is 0.227 e. The third-order valence-electron chi connectivity index (χ3n) is 7.42. The van der Waals surface area contributed by atoms with E-state index in [0.717, 1.165) is 16.7 Å². The van der Waals surface area contributed by atoms with Crippen molar-refractivity contribution in [2.45, 2.75) is 51.6 Å². The minimum Gasteiger partial charge on any atom is -0.378 e. The number of fused-ring (bicyclic) bond motifs is 1. The summed E-state index contributed by atoms with van der Waals surface area (Å²) in [6.07, 6.45) is 3.80. The molecule has 0 spiro atoms. The Morgan fingerprint density at radius 1 is 1.24 bits per heavy atom. The molecular weight excluding hydrogens is 511 g/mol. The van der Waals surface area contributed by atoms with Crippen molar-refractivity contribution in [3.8, 4) is 0 Å². The van der Waals surface area contributed by atoms with E-state index in [4.69, 9.17) is 9.84 Å². The first-order valence-corrected chi connectivity index (χ1v) is 14.9. The number of methoxy groups -OCH3 is 1. The van der Waals surface area contributed by atoms with Crippen LogP contribution in [-0.4, -0.2) is 90.2 Å². The molecule has 0 amide bonds. The van der Waals surface area contributed by atoms with Gasteiger partial charge < -0.3 is 19.9 Å². The van der Waals surface area contributed by atoms with Gasteiger partial charge in [0.25, 0.3) is 0 Å². The van der Waals surface area contributed by atoms with E-state index in [0.29, 0.717) is 37.1 Å². The molecular formula is C25H35FN8O3S. The zero-order valence-corrected chi connectivity index (χ0v) is 23.2. The highest BCUT2D eigenvalue weighted by Crippen LogP contribution is 2.37. The minimum absolute atomic E-state index is 0.0681. The van der Waals surface area contributed by atoms with Crippen LogP contribution in [0.25, 0.3) is 10.9 Å². The van der Waals surface area contributed by atoms with Gasteiger partial charge in [-0.3, -0.25) is 4.68 Å². The van der Waals surface area contributed by atoms with Crippen molar-refractivity contribution in [3.63, 3.8) is 0 Å². The fourth-order valence-electron chi connectivity index (χ4n) is 5.27. The number of nitrogens with zero attached hydrogens (tertiary/aromatic N) is 7. The fourth-order valence-corrected chi connectivity index (χ4v) is 6.43. The van der Waals surface area contributed by atoms with Crippen LogP contribution >= 0.6 is 0 Å². The van der Waals surface area contributed by atoms with Gasteiger partial charge in [0, 0.05) is 62.9 Å². The SMILES string of the molecule is CO[C@@H]1CCN(c2nccc(Nc3cc4c(cn3)c(N3C[C@@H](CS(C)(=O)=O)[C@@H]3C)nn4C(C)C)n2)C[C@@H]1F. The van der Waals surface area contributed by atoms with Gasteiger partial charge in [0.1, 0.15) is 27.6 Å². The number of sulfone groups is 1. The molecule has 2 aliphatic rings. The molecule has 0 saturated carbocycles. The molecule has 1 N–H and O–H groups in total. The van der Waals surface area contributed by atoms with Gasteiger partial charge in [0.2, 0.25) is 5.95 Å². The number of hydrogen-bond donors (Lipinski definition) is 1. The van der Waals surface area contributed by atoms with Crippen molar-refractivity contribution < 1.29 is 17.5 Å². The highest BCUT2D eigenvalue weighted by molar-refractivity contribution is 7.90. The van der Waals surface area contributed by atoms with E-state index < -0.39 is 22.1 Å². The molecule has 13 heteroatoms. The standard InChI is InChI=1S/C25H35FN8O3S/c1-15(2)34-20-10-23(28-11-18(20)24(31-34)33-12-17(16(33)3)14-38(5,35)36)29-22-6-8-27-25(30-22)32-9-7-21(37-4)19(26)13-32/h6,8,10-11,15-17,19,21H,7,9,12-14H2,1-5H3,(H,27,28,29,30)/t16-,17-,19-,21+/m0/s1. The van der Waals surface area contributed by atoms with Crippen LogP contribution < -0.4 is 15.1 Å². The van der Waals surface area contributed by atoms with Gasteiger partial charge in [0.15, 0.2) is 5.82 Å². The Bertz CT molecular complexity index is 1410. The van der Waals surface area contributed by atoms with E-state index >= 15 is 0 Å². The highest BCUT2D eigenvalue weighted by Gasteiger charge is 2.39. The van der Waals surface area contributed by atoms with Gasteiger partial charge >= 0.3 is 0 Å². The zero-order valence-electron chi connectivity index (χ0n) is 22.4. The molecule has 0 radical (unpaired) electrons. The second-order valence-corrected chi connectivity index (χ2v) is 12.8. The molecule has 2 saturated heterocycles. The molecule has 3 aromatic rings. The Kier molecular flexibility index (Phi) is 7.16. The summed E-state index contributed by atoms with van der Waals surface area (Å²) in [6.45, 7) is 7.61. The van der Waals surface area contributed by atoms with Crippen molar-refractivity contribution in [1.29, 1.82) is 0 Å². The van der Waals surface area contributed by atoms with E-state index in [1.54, 1.807) is 18.5 Å². The van der Waals surface area contributed by atoms with Crippen LogP contribution in [0.3, 0.4) is 0 Å². The van der Waals surface area contributed by atoms with Crippen LogP contribution in [0, 0.1) is 5.92 Å². The van der Waals surface area contributed by atoms with Gasteiger partial charge in [-0.1, -0.05) is 0 Å². The number of anilines is 4. The number of piperidine rings is 1. The molecule has 5 heterocycles. The summed E-state index contributed by atoms with van der Waals surface area (Å²) in [5.74, 6) is 2.69. The third-order valence-corrected chi connectivity index (χ3v) is 8.46. The molecule has 38 heavy (non-hydrogen) atoms. The van der Waals surface area contributed by atoms with E-state index in [9.17, 15) is 12.8 Å². The summed E-state index contributed by atoms with van der Waals surface area (Å²) in [4.78, 5) is 17.5. The zero-order chi connectivity index (χ0) is 27.2. The average Bonchev–Trinajstić information content (AvgIpc) is 3.24. The maximum Gasteiger partial charge on any atom is 0.227 e. The lowest BCUT2D eigenvalue weighted by Gasteiger charge is -2.46. The predicted molar refractivity (Wildman–Crippen MR) is 146 cm³/mol. The molecule has 0 aromatic carbocycles. The summed E-state index contributed by atoms with van der Waals surface area (Å²) in [6, 6.07) is 3.87. The summed E-state index contributed by atoms with van der Waals surface area (Å²) >= 11 is 0. The van der Waals surface area contributed by atoms with E-state index in [-0.39, 0.29) is 30.3 Å². The first kappa shape index (κ1) is 26.5. The van der Waals surface area contributed by atoms with Gasteiger partial charge in [-0.2, -0.15) is 10.1 Å². The number of halogens is 1. The lowest BCUT2D eigenvalue weighted by molar-refractivity contribution is 0.0194. The maximum absolute atomic E-state index is 14.4. The number of aromatic nitrogens is 5. The topological polar surface area (TPSA) is 118 Å². The molecule has 11 nitrogen and oxygen atoms in total. The lowest BCUT2D eigenvalue weighted by atomic mass is 9.91. The molecule has 5 rings (SSSR count). The summed E-state index contributed by atoms with van der Waals surface area (Å²) in [5, 5.41) is 9.04. The monoisotopic (exact) mass is 546 g/mol. The lowest BCUT2D eigenvalue weighted by Crippen LogP contribution is -2.57. The van der Waals surface area contributed by atoms with Crippen LogP contribution in [0.15, 0.2) is 24.5 Å². The number of alkyl halides is 1. The van der Waals surface area contributed by atoms with Gasteiger partial charge in [-0.25, -0.2) is 22.8 Å². The first-order valence-electron chi connectivity index (χ1n) is 12.9. The number of pyridine rings is 1. The van der Waals surface area contributed by atoms with Crippen molar-refractivity contribution in [2.75, 3.05) is 53.9 Å². The normalized spacial score (nSPS) is 24.2. The third kappa shape index (κ3) is 5.26. The predicted octanol–water partition coefficient (Wildman–Crippen LogP) is 2.98. The van der Waals surface area contributed by atoms with Crippen molar-refractivity contribution in [1.82, 2.24) is 24.7 Å². The molecule has 0 bridgehead atoms. The number of ether oxygens (including phenoxy) is 1. The summed E-state index contributed by atoms with van der Waals surface area (Å²) < 4.78 is 45.1. The van der Waals surface area contributed by atoms with E-state index in [1.807, 2.05) is 22.6 Å². The van der Waals surface area contributed by atoms with Crippen molar-refractivity contribution in [3.05, 3.63) is 24.5 Å². The van der Waals surface area contributed by atoms with Gasteiger partial charge in [-0.05, 0) is 33.3 Å².